The van der Waals surface area contributed by atoms with Crippen molar-refractivity contribution in [1.29, 1.82) is 0 Å². The predicted molar refractivity (Wildman–Crippen MR) is 92.8 cm³/mol. The fourth-order valence-corrected chi connectivity index (χ4v) is 3.34. The zero-order valence-electron chi connectivity index (χ0n) is 11.2. The third kappa shape index (κ3) is 2.86. The lowest BCUT2D eigenvalue weighted by atomic mass is 10.0. The largest absolute Gasteiger partial charge is 0.481 e. The normalized spacial score (nSPS) is 11.0. The highest BCUT2D eigenvalue weighted by molar-refractivity contribution is 9.10. The number of hydrogen-bond donors (Lipinski definition) is 2. The monoisotopic (exact) mass is 397 g/mol. The average Bonchev–Trinajstić information content (AvgIpc) is 2.76. The first-order valence-corrected chi connectivity index (χ1v) is 7.98. The van der Waals surface area contributed by atoms with Crippen molar-refractivity contribution in [2.24, 2.45) is 0 Å². The zero-order valence-corrected chi connectivity index (χ0v) is 14.3. The maximum atomic E-state index is 11.2. The molecule has 0 unspecified atom stereocenters. The molecule has 0 fully saturated rings. The quantitative estimate of drug-likeness (QED) is 0.609. The molecule has 2 aromatic carbocycles. The van der Waals surface area contributed by atoms with Crippen molar-refractivity contribution >= 4 is 56.0 Å². The third-order valence-corrected chi connectivity index (χ3v) is 4.44. The molecule has 0 aliphatic carbocycles. The molecule has 3 rings (SSSR count). The first kappa shape index (κ1) is 15.4. The second-order valence-electron chi connectivity index (χ2n) is 4.86. The van der Waals surface area contributed by atoms with E-state index in [-0.39, 0.29) is 6.42 Å². The van der Waals surface area contributed by atoms with E-state index in [9.17, 15) is 9.90 Å². The van der Waals surface area contributed by atoms with Gasteiger partial charge in [-0.15, -0.1) is 0 Å². The second kappa shape index (κ2) is 5.95. The SMILES string of the molecule is O=C(O)Cc1c(-c2ccc(Cl)cc2Cl)[nH]c2ccc(Br)cc12. The van der Waals surface area contributed by atoms with Crippen LogP contribution in [0.5, 0.6) is 0 Å². The Bertz CT molecular complexity index is 889. The number of rotatable bonds is 3. The first-order valence-electron chi connectivity index (χ1n) is 6.43. The number of carboxylic acid groups (broad SMARTS) is 1. The van der Waals surface area contributed by atoms with Gasteiger partial charge in [-0.1, -0.05) is 39.1 Å². The molecule has 0 saturated heterocycles. The lowest BCUT2D eigenvalue weighted by Gasteiger charge is -2.06. The van der Waals surface area contributed by atoms with Crippen LogP contribution in [0.15, 0.2) is 40.9 Å². The van der Waals surface area contributed by atoms with E-state index in [1.54, 1.807) is 18.2 Å². The molecule has 1 heterocycles. The molecular formula is C16H10BrCl2NO2. The first-order chi connectivity index (χ1) is 10.5. The number of H-pyrrole nitrogens is 1. The van der Waals surface area contributed by atoms with Crippen molar-refractivity contribution in [1.82, 2.24) is 4.98 Å². The summed E-state index contributed by atoms with van der Waals surface area (Å²) in [5, 5.41) is 11.1. The van der Waals surface area contributed by atoms with Crippen molar-refractivity contribution < 1.29 is 9.90 Å². The van der Waals surface area contributed by atoms with Gasteiger partial charge in [-0.05, 0) is 42.0 Å². The summed E-state index contributed by atoms with van der Waals surface area (Å²) in [7, 11) is 0. The van der Waals surface area contributed by atoms with Crippen molar-refractivity contribution in [3.8, 4) is 11.3 Å². The second-order valence-corrected chi connectivity index (χ2v) is 6.62. The maximum absolute atomic E-state index is 11.2. The summed E-state index contributed by atoms with van der Waals surface area (Å²) in [5.74, 6) is -0.896. The Labute approximate surface area is 145 Å². The molecule has 3 nitrogen and oxygen atoms in total. The average molecular weight is 399 g/mol. The molecule has 0 amide bonds. The number of halogens is 3. The van der Waals surface area contributed by atoms with Crippen molar-refractivity contribution in [3.05, 3.63) is 56.5 Å². The standard InChI is InChI=1S/C16H10BrCl2NO2/c17-8-1-4-14-11(5-8)12(7-15(21)22)16(20-14)10-3-2-9(18)6-13(10)19/h1-6,20H,7H2,(H,21,22). The van der Waals surface area contributed by atoms with E-state index < -0.39 is 5.97 Å². The molecule has 1 aromatic heterocycles. The highest BCUT2D eigenvalue weighted by Gasteiger charge is 2.18. The summed E-state index contributed by atoms with van der Waals surface area (Å²) in [6.07, 6.45) is -0.0925. The Morgan fingerprint density at radius 1 is 1.18 bits per heavy atom. The van der Waals surface area contributed by atoms with Crippen molar-refractivity contribution in [2.75, 3.05) is 0 Å². The highest BCUT2D eigenvalue weighted by atomic mass is 79.9. The molecule has 0 aliphatic rings. The summed E-state index contributed by atoms with van der Waals surface area (Å²) in [6.45, 7) is 0. The van der Waals surface area contributed by atoms with Crippen LogP contribution in [0.2, 0.25) is 10.0 Å². The Morgan fingerprint density at radius 2 is 1.95 bits per heavy atom. The van der Waals surface area contributed by atoms with Crippen LogP contribution in [-0.4, -0.2) is 16.1 Å². The van der Waals surface area contributed by atoms with Gasteiger partial charge in [0.2, 0.25) is 0 Å². The molecule has 0 spiro atoms. The number of aromatic nitrogens is 1. The molecular weight excluding hydrogens is 389 g/mol. The van der Waals surface area contributed by atoms with Crippen LogP contribution in [0.1, 0.15) is 5.56 Å². The topological polar surface area (TPSA) is 53.1 Å². The minimum Gasteiger partial charge on any atom is -0.481 e. The van der Waals surface area contributed by atoms with Gasteiger partial charge in [0.15, 0.2) is 0 Å². The number of carboxylic acids is 1. The van der Waals surface area contributed by atoms with Gasteiger partial charge in [0, 0.05) is 26.0 Å². The van der Waals surface area contributed by atoms with Crippen molar-refractivity contribution in [2.45, 2.75) is 6.42 Å². The Balaban J connectivity index is 2.30. The fraction of sp³-hybridized carbons (Fsp3) is 0.0625. The highest BCUT2D eigenvalue weighted by Crippen LogP contribution is 2.36. The molecule has 22 heavy (non-hydrogen) atoms. The number of hydrogen-bond acceptors (Lipinski definition) is 1. The Hall–Kier alpha value is -1.49. The Kier molecular flexibility index (Phi) is 4.17. The molecule has 3 aromatic rings. The van der Waals surface area contributed by atoms with Crippen LogP contribution in [-0.2, 0) is 11.2 Å². The fourth-order valence-electron chi connectivity index (χ4n) is 2.48. The molecule has 2 N–H and O–H groups in total. The van der Waals surface area contributed by atoms with E-state index in [1.165, 1.54) is 0 Å². The Morgan fingerprint density at radius 3 is 2.64 bits per heavy atom. The van der Waals surface area contributed by atoms with Gasteiger partial charge in [-0.25, -0.2) is 0 Å². The van der Waals surface area contributed by atoms with E-state index in [2.05, 4.69) is 20.9 Å². The zero-order chi connectivity index (χ0) is 15.9. The van der Waals surface area contributed by atoms with Crippen LogP contribution in [0.3, 0.4) is 0 Å². The van der Waals surface area contributed by atoms with E-state index in [0.717, 1.165) is 20.9 Å². The van der Waals surface area contributed by atoms with Crippen LogP contribution >= 0.6 is 39.1 Å². The van der Waals surface area contributed by atoms with E-state index >= 15 is 0 Å². The minimum atomic E-state index is -0.896. The summed E-state index contributed by atoms with van der Waals surface area (Å²) >= 11 is 15.6. The van der Waals surface area contributed by atoms with E-state index in [4.69, 9.17) is 23.2 Å². The van der Waals surface area contributed by atoms with Crippen LogP contribution in [0, 0.1) is 0 Å². The smallest absolute Gasteiger partial charge is 0.307 e. The van der Waals surface area contributed by atoms with Crippen LogP contribution in [0.4, 0.5) is 0 Å². The van der Waals surface area contributed by atoms with Gasteiger partial charge in [0.05, 0.1) is 17.1 Å². The molecule has 6 heteroatoms. The number of aromatic amines is 1. The number of benzene rings is 2. The van der Waals surface area contributed by atoms with E-state index in [1.807, 2.05) is 18.2 Å². The summed E-state index contributed by atoms with van der Waals surface area (Å²) in [4.78, 5) is 14.5. The van der Waals surface area contributed by atoms with Gasteiger partial charge >= 0.3 is 5.97 Å². The number of aliphatic carboxylic acids is 1. The molecule has 0 radical (unpaired) electrons. The molecule has 0 aliphatic heterocycles. The van der Waals surface area contributed by atoms with Crippen LogP contribution in [0.25, 0.3) is 22.2 Å². The number of fused-ring (bicyclic) bond motifs is 1. The van der Waals surface area contributed by atoms with Gasteiger partial charge in [0.1, 0.15) is 0 Å². The number of nitrogens with one attached hydrogen (secondary N) is 1. The molecule has 0 atom stereocenters. The lowest BCUT2D eigenvalue weighted by Crippen LogP contribution is -2.01. The van der Waals surface area contributed by atoms with Gasteiger partial charge in [-0.2, -0.15) is 0 Å². The van der Waals surface area contributed by atoms with Gasteiger partial charge < -0.3 is 10.1 Å². The third-order valence-electron chi connectivity index (χ3n) is 3.40. The van der Waals surface area contributed by atoms with Crippen LogP contribution < -0.4 is 0 Å². The summed E-state index contributed by atoms with van der Waals surface area (Å²) < 4.78 is 0.888. The predicted octanol–water partition coefficient (Wildman–Crippen LogP) is 5.53. The molecule has 0 saturated carbocycles. The summed E-state index contributed by atoms with van der Waals surface area (Å²) in [6, 6.07) is 10.9. The van der Waals surface area contributed by atoms with Gasteiger partial charge in [0.25, 0.3) is 0 Å². The molecule has 112 valence electrons. The van der Waals surface area contributed by atoms with E-state index in [0.29, 0.717) is 21.3 Å². The maximum Gasteiger partial charge on any atom is 0.307 e. The van der Waals surface area contributed by atoms with Crippen molar-refractivity contribution in [3.63, 3.8) is 0 Å². The molecule has 0 bridgehead atoms. The van der Waals surface area contributed by atoms with Gasteiger partial charge in [-0.3, -0.25) is 4.79 Å². The summed E-state index contributed by atoms with van der Waals surface area (Å²) in [5.41, 5.74) is 3.00. The number of carbonyl (C=O) groups is 1. The lowest BCUT2D eigenvalue weighted by molar-refractivity contribution is -0.136. The minimum absolute atomic E-state index is 0.0925.